The molecule has 29 heavy (non-hydrogen) atoms. The normalized spacial score (nSPS) is 14.2. The number of aromatic nitrogens is 2. The number of hydrogen-bond acceptors (Lipinski definition) is 5. The van der Waals surface area contributed by atoms with Crippen molar-refractivity contribution in [2.24, 2.45) is 0 Å². The molecule has 152 valence electrons. The summed E-state index contributed by atoms with van der Waals surface area (Å²) in [7, 11) is -3.75. The highest BCUT2D eigenvalue weighted by Gasteiger charge is 2.43. The van der Waals surface area contributed by atoms with E-state index in [-0.39, 0.29) is 13.0 Å². The van der Waals surface area contributed by atoms with Crippen molar-refractivity contribution in [1.82, 2.24) is 15.3 Å². The zero-order valence-corrected chi connectivity index (χ0v) is 17.1. The number of amides is 1. The minimum absolute atomic E-state index is 0.0231. The Kier molecular flexibility index (Phi) is 5.86. The quantitative estimate of drug-likeness (QED) is 0.352. The summed E-state index contributed by atoms with van der Waals surface area (Å²) in [5.74, 6) is -0.954. The van der Waals surface area contributed by atoms with E-state index in [0.29, 0.717) is 0 Å². The van der Waals surface area contributed by atoms with Gasteiger partial charge in [-0.3, -0.25) is 14.7 Å². The number of carbonyl (C=O) groups excluding carboxylic acids is 1. The third kappa shape index (κ3) is 4.38. The Morgan fingerprint density at radius 2 is 1.86 bits per heavy atom. The van der Waals surface area contributed by atoms with Crippen LogP contribution < -0.4 is 5.48 Å². The van der Waals surface area contributed by atoms with Gasteiger partial charge in [0.25, 0.3) is 5.91 Å². The Bertz CT molecular complexity index is 1150. The number of nitrogens with zero attached hydrogens (tertiary/aromatic N) is 2. The molecule has 3 rings (SSSR count). The molecule has 2 aromatic carbocycles. The second-order valence-corrected chi connectivity index (χ2v) is 9.57. The smallest absolute Gasteiger partial charge is 0.264 e. The molecule has 3 aromatic rings. The maximum atomic E-state index is 12.1. The molecular formula is C21H23N3O4S. The fourth-order valence-corrected chi connectivity index (χ4v) is 3.89. The van der Waals surface area contributed by atoms with Gasteiger partial charge >= 0.3 is 0 Å². The second kappa shape index (κ2) is 8.18. The summed E-state index contributed by atoms with van der Waals surface area (Å²) in [5, 5.41) is 14.2. The van der Waals surface area contributed by atoms with Gasteiger partial charge in [-0.1, -0.05) is 48.6 Å². The van der Waals surface area contributed by atoms with Crippen molar-refractivity contribution in [3.05, 3.63) is 65.9 Å². The predicted molar refractivity (Wildman–Crippen MR) is 113 cm³/mol. The van der Waals surface area contributed by atoms with Gasteiger partial charge < -0.3 is 0 Å². The fourth-order valence-electron chi connectivity index (χ4n) is 3.05. The van der Waals surface area contributed by atoms with Gasteiger partial charge in [-0.15, -0.1) is 0 Å². The zero-order chi connectivity index (χ0) is 21.1. The maximum absolute atomic E-state index is 12.1. The summed E-state index contributed by atoms with van der Waals surface area (Å²) in [5.41, 5.74) is 4.41. The van der Waals surface area contributed by atoms with Crippen molar-refractivity contribution in [1.29, 1.82) is 0 Å². The van der Waals surface area contributed by atoms with E-state index in [1.165, 1.54) is 12.4 Å². The molecule has 0 saturated carbocycles. The van der Waals surface area contributed by atoms with Crippen LogP contribution in [0.4, 0.5) is 0 Å². The molecule has 0 bridgehead atoms. The average Bonchev–Trinajstić information content (AvgIpc) is 3.12. The third-order valence-corrected chi connectivity index (χ3v) is 7.16. The van der Waals surface area contributed by atoms with Gasteiger partial charge in [0.15, 0.2) is 14.6 Å². The van der Waals surface area contributed by atoms with Crippen molar-refractivity contribution in [2.45, 2.75) is 24.6 Å². The third-order valence-electron chi connectivity index (χ3n) is 5.13. The number of carbonyl (C=O) groups is 1. The molecule has 2 N–H and O–H groups in total. The summed E-state index contributed by atoms with van der Waals surface area (Å²) in [6, 6.07) is 15.8. The van der Waals surface area contributed by atoms with E-state index in [1.54, 1.807) is 10.9 Å². The van der Waals surface area contributed by atoms with Crippen molar-refractivity contribution in [3.8, 4) is 0 Å². The molecule has 0 aliphatic heterocycles. The molecule has 0 fully saturated rings. The lowest BCUT2D eigenvalue weighted by molar-refractivity contribution is -0.131. The minimum atomic E-state index is -3.75. The molecule has 0 aliphatic rings. The van der Waals surface area contributed by atoms with E-state index in [0.717, 1.165) is 28.3 Å². The fraction of sp³-hybridized carbons (Fsp3) is 0.238. The molecule has 0 aliphatic carbocycles. The van der Waals surface area contributed by atoms with Gasteiger partial charge in [0.05, 0.1) is 11.7 Å². The van der Waals surface area contributed by atoms with Gasteiger partial charge in [0.2, 0.25) is 0 Å². The van der Waals surface area contributed by atoms with Gasteiger partial charge in [-0.05, 0) is 36.6 Å². The monoisotopic (exact) mass is 413 g/mol. The van der Waals surface area contributed by atoms with Crippen LogP contribution >= 0.6 is 0 Å². The Morgan fingerprint density at radius 1 is 1.17 bits per heavy atom. The highest BCUT2D eigenvalue weighted by atomic mass is 32.2. The molecule has 1 heterocycles. The summed E-state index contributed by atoms with van der Waals surface area (Å²) in [4.78, 5) is 12.0. The van der Waals surface area contributed by atoms with Crippen LogP contribution in [-0.4, -0.2) is 40.3 Å². The predicted octanol–water partition coefficient (Wildman–Crippen LogP) is 2.91. The standard InChI is InChI=1S/C21H23N3O4S/c1-21(20(25)23-26,29(2,27)28)12-13-24-19-11-10-17(14-18(19)15-22-24)9-8-16-6-4-3-5-7-16/h3-11,14-15,26H,12-13H2,1-2H3,(H,23,25)/b9-8+. The van der Waals surface area contributed by atoms with Crippen LogP contribution in [0.5, 0.6) is 0 Å². The van der Waals surface area contributed by atoms with Crippen LogP contribution in [0.2, 0.25) is 0 Å². The van der Waals surface area contributed by atoms with Gasteiger partial charge in [-0.25, -0.2) is 13.9 Å². The van der Waals surface area contributed by atoms with Crippen molar-refractivity contribution >= 4 is 38.8 Å². The number of fused-ring (bicyclic) bond motifs is 1. The molecule has 1 atom stereocenters. The zero-order valence-electron chi connectivity index (χ0n) is 16.2. The van der Waals surface area contributed by atoms with Crippen LogP contribution in [-0.2, 0) is 21.2 Å². The van der Waals surface area contributed by atoms with Gasteiger partial charge in [-0.2, -0.15) is 5.10 Å². The van der Waals surface area contributed by atoms with Crippen molar-refractivity contribution < 1.29 is 18.4 Å². The lowest BCUT2D eigenvalue weighted by Crippen LogP contribution is -2.49. The molecule has 1 aromatic heterocycles. The average molecular weight is 413 g/mol. The van der Waals surface area contributed by atoms with Crippen molar-refractivity contribution in [2.75, 3.05) is 6.26 Å². The molecule has 1 unspecified atom stereocenters. The molecule has 0 radical (unpaired) electrons. The summed E-state index contributed by atoms with van der Waals surface area (Å²) in [6.07, 6.45) is 6.70. The lowest BCUT2D eigenvalue weighted by atomic mass is 10.1. The first-order chi connectivity index (χ1) is 13.7. The first-order valence-electron chi connectivity index (χ1n) is 9.07. The second-order valence-electron chi connectivity index (χ2n) is 7.12. The number of rotatable bonds is 7. The topological polar surface area (TPSA) is 101 Å². The van der Waals surface area contributed by atoms with Crippen LogP contribution in [0.15, 0.2) is 54.7 Å². The van der Waals surface area contributed by atoms with Crippen LogP contribution in [0, 0.1) is 0 Å². The number of sulfone groups is 1. The first kappa shape index (κ1) is 20.8. The number of nitrogens with one attached hydrogen (secondary N) is 1. The Balaban J connectivity index is 1.81. The van der Waals surface area contributed by atoms with Crippen LogP contribution in [0.1, 0.15) is 24.5 Å². The molecule has 7 nitrogen and oxygen atoms in total. The SMILES string of the molecule is CC(CCn1ncc2cc(/C=C/c3ccccc3)ccc21)(C(=O)NO)S(C)(=O)=O. The molecular weight excluding hydrogens is 390 g/mol. The Labute approximate surface area is 169 Å². The van der Waals surface area contributed by atoms with E-state index >= 15 is 0 Å². The van der Waals surface area contributed by atoms with E-state index in [9.17, 15) is 13.2 Å². The van der Waals surface area contributed by atoms with E-state index in [4.69, 9.17) is 5.21 Å². The molecule has 0 saturated heterocycles. The van der Waals surface area contributed by atoms with Gasteiger partial charge in [0, 0.05) is 18.2 Å². The van der Waals surface area contributed by atoms with Crippen molar-refractivity contribution in [3.63, 3.8) is 0 Å². The minimum Gasteiger partial charge on any atom is -0.289 e. The number of hydroxylamine groups is 1. The summed E-state index contributed by atoms with van der Waals surface area (Å²) >= 11 is 0. The lowest BCUT2D eigenvalue weighted by Gasteiger charge is -2.25. The van der Waals surface area contributed by atoms with E-state index in [2.05, 4.69) is 5.10 Å². The molecule has 1 amide bonds. The van der Waals surface area contributed by atoms with Gasteiger partial charge in [0.1, 0.15) is 0 Å². The van der Waals surface area contributed by atoms with E-state index in [1.807, 2.05) is 60.7 Å². The van der Waals surface area contributed by atoms with Crippen LogP contribution in [0.25, 0.3) is 23.1 Å². The first-order valence-corrected chi connectivity index (χ1v) is 11.0. The Hall–Kier alpha value is -2.97. The number of benzene rings is 2. The largest absolute Gasteiger partial charge is 0.289 e. The highest BCUT2D eigenvalue weighted by Crippen LogP contribution is 2.24. The van der Waals surface area contributed by atoms with E-state index < -0.39 is 20.5 Å². The highest BCUT2D eigenvalue weighted by molar-refractivity contribution is 7.92. The maximum Gasteiger partial charge on any atom is 0.264 e. The molecule has 0 spiro atoms. The number of aryl methyl sites for hydroxylation is 1. The molecule has 8 heteroatoms. The Morgan fingerprint density at radius 3 is 2.52 bits per heavy atom. The van der Waals surface area contributed by atoms with Crippen LogP contribution in [0.3, 0.4) is 0 Å². The number of hydrogen-bond donors (Lipinski definition) is 2. The summed E-state index contributed by atoms with van der Waals surface area (Å²) < 4.78 is 24.1. The summed E-state index contributed by atoms with van der Waals surface area (Å²) in [6.45, 7) is 1.51.